The van der Waals surface area contributed by atoms with Gasteiger partial charge in [-0.05, 0) is 43.8 Å². The number of hydrogen-bond acceptors (Lipinski definition) is 4. The Hall–Kier alpha value is -1.94. The normalized spacial score (nSPS) is 10.4. The molecule has 2 aromatic rings. The van der Waals surface area contributed by atoms with Gasteiger partial charge in [0.2, 0.25) is 0 Å². The Balaban J connectivity index is 1.95. The number of aromatic nitrogens is 2. The predicted molar refractivity (Wildman–Crippen MR) is 75.2 cm³/mol. The summed E-state index contributed by atoms with van der Waals surface area (Å²) in [5.41, 5.74) is 3.19. The second-order valence-corrected chi connectivity index (χ2v) is 4.38. The van der Waals surface area contributed by atoms with Crippen LogP contribution in [0.4, 0.5) is 0 Å². The van der Waals surface area contributed by atoms with E-state index in [0.29, 0.717) is 13.2 Å². The van der Waals surface area contributed by atoms with E-state index in [2.05, 4.69) is 15.3 Å². The maximum Gasteiger partial charge on any atom is 0.142 e. The molecule has 0 aromatic carbocycles. The first-order chi connectivity index (χ1) is 9.29. The molecule has 100 valence electrons. The number of nitrogens with zero attached hydrogens (tertiary/aromatic N) is 2. The van der Waals surface area contributed by atoms with Gasteiger partial charge in [-0.1, -0.05) is 0 Å². The zero-order chi connectivity index (χ0) is 13.5. The molecule has 4 heteroatoms. The quantitative estimate of drug-likeness (QED) is 0.861. The van der Waals surface area contributed by atoms with Crippen LogP contribution in [0.25, 0.3) is 0 Å². The van der Waals surface area contributed by atoms with Crippen LogP contribution in [0, 0.1) is 6.92 Å². The highest BCUT2D eigenvalue weighted by Crippen LogP contribution is 2.17. The van der Waals surface area contributed by atoms with Crippen molar-refractivity contribution in [1.29, 1.82) is 0 Å². The van der Waals surface area contributed by atoms with E-state index in [1.54, 1.807) is 12.4 Å². The fourth-order valence-corrected chi connectivity index (χ4v) is 1.85. The van der Waals surface area contributed by atoms with Crippen molar-refractivity contribution in [2.45, 2.75) is 19.9 Å². The van der Waals surface area contributed by atoms with Crippen LogP contribution < -0.4 is 10.1 Å². The van der Waals surface area contributed by atoms with E-state index in [1.165, 1.54) is 5.56 Å². The van der Waals surface area contributed by atoms with Crippen molar-refractivity contribution in [3.8, 4) is 5.75 Å². The highest BCUT2D eigenvalue weighted by Gasteiger charge is 2.05. The molecule has 0 fully saturated rings. The molecule has 19 heavy (non-hydrogen) atoms. The monoisotopic (exact) mass is 257 g/mol. The number of ether oxygens (including phenoxy) is 1. The minimum absolute atomic E-state index is 0.644. The first kappa shape index (κ1) is 13.5. The first-order valence-electron chi connectivity index (χ1n) is 6.42. The van der Waals surface area contributed by atoms with Gasteiger partial charge in [0.25, 0.3) is 0 Å². The van der Waals surface area contributed by atoms with Crippen molar-refractivity contribution in [2.24, 2.45) is 0 Å². The van der Waals surface area contributed by atoms with Crippen LogP contribution in [0.2, 0.25) is 0 Å². The number of rotatable bonds is 6. The van der Waals surface area contributed by atoms with Crippen LogP contribution in [-0.2, 0) is 13.0 Å². The van der Waals surface area contributed by atoms with Crippen molar-refractivity contribution < 1.29 is 4.74 Å². The molecule has 0 radical (unpaired) electrons. The third-order valence-electron chi connectivity index (χ3n) is 2.81. The summed E-state index contributed by atoms with van der Waals surface area (Å²) in [5.74, 6) is 0.856. The zero-order valence-electron chi connectivity index (χ0n) is 11.4. The van der Waals surface area contributed by atoms with Gasteiger partial charge in [0.1, 0.15) is 5.75 Å². The number of pyridine rings is 2. The summed E-state index contributed by atoms with van der Waals surface area (Å²) in [4.78, 5) is 8.49. The van der Waals surface area contributed by atoms with E-state index in [9.17, 15) is 0 Å². The van der Waals surface area contributed by atoms with Gasteiger partial charge in [-0.2, -0.15) is 0 Å². The maximum absolute atomic E-state index is 5.83. The van der Waals surface area contributed by atoms with E-state index in [-0.39, 0.29) is 0 Å². The SMILES string of the molecule is CNCc1nc(C)ccc1OCCc1ccncc1. The molecule has 0 saturated heterocycles. The summed E-state index contributed by atoms with van der Waals surface area (Å²) in [6.45, 7) is 3.34. The highest BCUT2D eigenvalue weighted by atomic mass is 16.5. The third-order valence-corrected chi connectivity index (χ3v) is 2.81. The minimum Gasteiger partial charge on any atom is -0.491 e. The molecule has 0 bridgehead atoms. The molecule has 0 saturated carbocycles. The van der Waals surface area contributed by atoms with Gasteiger partial charge >= 0.3 is 0 Å². The van der Waals surface area contributed by atoms with E-state index in [4.69, 9.17) is 4.74 Å². The van der Waals surface area contributed by atoms with E-state index in [0.717, 1.165) is 23.6 Å². The average molecular weight is 257 g/mol. The Bertz CT molecular complexity index is 514. The van der Waals surface area contributed by atoms with Crippen molar-refractivity contribution in [2.75, 3.05) is 13.7 Å². The molecular formula is C15H19N3O. The lowest BCUT2D eigenvalue weighted by Crippen LogP contribution is -2.11. The number of aryl methyl sites for hydroxylation is 1. The smallest absolute Gasteiger partial charge is 0.142 e. The molecule has 0 aliphatic rings. The summed E-state index contributed by atoms with van der Waals surface area (Å²) in [6, 6.07) is 7.97. The van der Waals surface area contributed by atoms with E-state index < -0.39 is 0 Å². The summed E-state index contributed by atoms with van der Waals surface area (Å²) in [5, 5.41) is 3.11. The standard InChI is InChI=1S/C15H19N3O/c1-12-3-4-15(14(18-12)11-16-2)19-10-7-13-5-8-17-9-6-13/h3-6,8-9,16H,7,10-11H2,1-2H3. The number of hydrogen-bond donors (Lipinski definition) is 1. The molecule has 0 aliphatic carbocycles. The van der Waals surface area contributed by atoms with Crippen LogP contribution in [0.5, 0.6) is 5.75 Å². The fraction of sp³-hybridized carbons (Fsp3) is 0.333. The van der Waals surface area contributed by atoms with Crippen molar-refractivity contribution in [1.82, 2.24) is 15.3 Å². The molecule has 2 aromatic heterocycles. The van der Waals surface area contributed by atoms with Crippen molar-refractivity contribution in [3.63, 3.8) is 0 Å². The second kappa shape index (κ2) is 6.85. The van der Waals surface area contributed by atoms with E-state index >= 15 is 0 Å². The molecule has 0 aliphatic heterocycles. The van der Waals surface area contributed by atoms with Crippen LogP contribution in [0.15, 0.2) is 36.7 Å². The van der Waals surface area contributed by atoms with Gasteiger partial charge in [0.05, 0.1) is 12.3 Å². The van der Waals surface area contributed by atoms with Gasteiger partial charge in [-0.15, -0.1) is 0 Å². The molecule has 0 amide bonds. The lowest BCUT2D eigenvalue weighted by Gasteiger charge is -2.11. The van der Waals surface area contributed by atoms with Crippen LogP contribution in [0.1, 0.15) is 17.0 Å². The topological polar surface area (TPSA) is 47.0 Å². The van der Waals surface area contributed by atoms with Gasteiger partial charge in [-0.25, -0.2) is 0 Å². The fourth-order valence-electron chi connectivity index (χ4n) is 1.85. The second-order valence-electron chi connectivity index (χ2n) is 4.38. The first-order valence-corrected chi connectivity index (χ1v) is 6.42. The average Bonchev–Trinajstić information content (AvgIpc) is 2.43. The molecule has 2 rings (SSSR count). The van der Waals surface area contributed by atoms with E-state index in [1.807, 2.05) is 38.2 Å². The van der Waals surface area contributed by atoms with Gasteiger partial charge in [-0.3, -0.25) is 9.97 Å². The Labute approximate surface area is 113 Å². The van der Waals surface area contributed by atoms with Crippen LogP contribution >= 0.6 is 0 Å². The Morgan fingerprint density at radius 2 is 1.95 bits per heavy atom. The summed E-state index contributed by atoms with van der Waals surface area (Å²) in [7, 11) is 1.91. The Morgan fingerprint density at radius 3 is 2.68 bits per heavy atom. The van der Waals surface area contributed by atoms with Gasteiger partial charge in [0, 0.05) is 31.1 Å². The Kier molecular flexibility index (Phi) is 4.86. The third kappa shape index (κ3) is 4.03. The van der Waals surface area contributed by atoms with Crippen LogP contribution in [0.3, 0.4) is 0 Å². The van der Waals surface area contributed by atoms with Crippen LogP contribution in [-0.4, -0.2) is 23.6 Å². The zero-order valence-corrected chi connectivity index (χ0v) is 11.4. The molecule has 0 spiro atoms. The van der Waals surface area contributed by atoms with Gasteiger partial charge in [0.15, 0.2) is 0 Å². The predicted octanol–water partition coefficient (Wildman–Crippen LogP) is 2.13. The lowest BCUT2D eigenvalue weighted by molar-refractivity contribution is 0.316. The maximum atomic E-state index is 5.83. The number of nitrogens with one attached hydrogen (secondary N) is 1. The summed E-state index contributed by atoms with van der Waals surface area (Å²) < 4.78 is 5.83. The Morgan fingerprint density at radius 1 is 1.16 bits per heavy atom. The van der Waals surface area contributed by atoms with Crippen molar-refractivity contribution >= 4 is 0 Å². The molecule has 0 atom stereocenters. The highest BCUT2D eigenvalue weighted by molar-refractivity contribution is 5.29. The summed E-state index contributed by atoms with van der Waals surface area (Å²) in [6.07, 6.45) is 4.47. The molecule has 1 N–H and O–H groups in total. The molecular weight excluding hydrogens is 238 g/mol. The van der Waals surface area contributed by atoms with Gasteiger partial charge < -0.3 is 10.1 Å². The molecule has 4 nitrogen and oxygen atoms in total. The largest absolute Gasteiger partial charge is 0.491 e. The lowest BCUT2D eigenvalue weighted by atomic mass is 10.2. The molecule has 0 unspecified atom stereocenters. The molecule has 2 heterocycles. The van der Waals surface area contributed by atoms with Crippen molar-refractivity contribution in [3.05, 3.63) is 53.6 Å². The minimum atomic E-state index is 0.644. The summed E-state index contributed by atoms with van der Waals surface area (Å²) >= 11 is 0.